The molecule has 0 saturated heterocycles. The lowest BCUT2D eigenvalue weighted by Crippen LogP contribution is -2.08. The number of thiazole rings is 1. The Hall–Kier alpha value is -2.66. The summed E-state index contributed by atoms with van der Waals surface area (Å²) in [5, 5.41) is 25.7. The minimum Gasteiger partial charge on any atom is -0.379 e. The van der Waals surface area contributed by atoms with E-state index in [9.17, 15) is 10.1 Å². The zero-order chi connectivity index (χ0) is 15.4. The van der Waals surface area contributed by atoms with Crippen LogP contribution in [0.3, 0.4) is 0 Å². The van der Waals surface area contributed by atoms with Gasteiger partial charge in [0.15, 0.2) is 5.13 Å². The zero-order valence-electron chi connectivity index (χ0n) is 11.5. The molecule has 0 aliphatic carbocycles. The van der Waals surface area contributed by atoms with Crippen LogP contribution in [0.2, 0.25) is 0 Å². The fourth-order valence-corrected chi connectivity index (χ4v) is 2.43. The molecule has 21 heavy (non-hydrogen) atoms. The summed E-state index contributed by atoms with van der Waals surface area (Å²) in [6.07, 6.45) is 0. The second-order valence-electron chi connectivity index (χ2n) is 4.47. The molecule has 0 spiro atoms. The van der Waals surface area contributed by atoms with Crippen molar-refractivity contribution in [1.29, 1.82) is 5.26 Å². The van der Waals surface area contributed by atoms with E-state index in [1.165, 1.54) is 23.5 Å². The molecule has 0 aliphatic rings. The third kappa shape index (κ3) is 3.46. The first-order chi connectivity index (χ1) is 10.0. The fraction of sp³-hybridized carbons (Fsp3) is 0.231. The van der Waals surface area contributed by atoms with E-state index >= 15 is 0 Å². The van der Waals surface area contributed by atoms with E-state index in [-0.39, 0.29) is 11.3 Å². The third-order valence-electron chi connectivity index (χ3n) is 2.71. The van der Waals surface area contributed by atoms with Crippen LogP contribution in [-0.2, 0) is 6.54 Å². The lowest BCUT2D eigenvalue weighted by atomic mass is 10.1. The molecule has 0 fully saturated rings. The summed E-state index contributed by atoms with van der Waals surface area (Å²) in [4.78, 5) is 16.5. The molecule has 0 radical (unpaired) electrons. The molecule has 1 N–H and O–H groups in total. The van der Waals surface area contributed by atoms with Crippen LogP contribution in [0.25, 0.3) is 0 Å². The number of nitrogens with zero attached hydrogens (tertiary/aromatic N) is 4. The van der Waals surface area contributed by atoms with Crippen molar-refractivity contribution in [2.45, 2.75) is 6.54 Å². The van der Waals surface area contributed by atoms with E-state index < -0.39 is 4.92 Å². The highest BCUT2D eigenvalue weighted by atomic mass is 32.1. The molecular weight excluding hydrogens is 290 g/mol. The summed E-state index contributed by atoms with van der Waals surface area (Å²) in [5.41, 5.74) is 1.38. The fourth-order valence-electron chi connectivity index (χ4n) is 1.67. The minimum absolute atomic E-state index is 0.0391. The molecule has 0 bridgehead atoms. The topological polar surface area (TPSA) is 95.1 Å². The first-order valence-corrected chi connectivity index (χ1v) is 6.93. The molecular formula is C13H13N5O2S. The second kappa shape index (κ2) is 6.19. The maximum atomic E-state index is 10.8. The number of nitro benzene ring substituents is 1. The average Bonchev–Trinajstić information content (AvgIpc) is 2.93. The number of rotatable bonds is 5. The van der Waals surface area contributed by atoms with Gasteiger partial charge >= 0.3 is 0 Å². The maximum absolute atomic E-state index is 10.8. The van der Waals surface area contributed by atoms with E-state index in [1.807, 2.05) is 30.4 Å². The molecule has 1 aromatic carbocycles. The number of benzene rings is 1. The van der Waals surface area contributed by atoms with Crippen molar-refractivity contribution in [3.8, 4) is 6.07 Å². The van der Waals surface area contributed by atoms with Gasteiger partial charge < -0.3 is 10.2 Å². The predicted octanol–water partition coefficient (Wildman–Crippen LogP) is 2.60. The predicted molar refractivity (Wildman–Crippen MR) is 81.6 cm³/mol. The average molecular weight is 303 g/mol. The molecule has 0 saturated carbocycles. The molecule has 108 valence electrons. The van der Waals surface area contributed by atoms with Gasteiger partial charge in [-0.05, 0) is 12.1 Å². The van der Waals surface area contributed by atoms with Crippen LogP contribution >= 0.6 is 11.3 Å². The number of aromatic nitrogens is 1. The second-order valence-corrected chi connectivity index (χ2v) is 5.31. The number of nitro groups is 1. The van der Waals surface area contributed by atoms with Gasteiger partial charge in [-0.2, -0.15) is 5.26 Å². The Balaban J connectivity index is 2.09. The summed E-state index contributed by atoms with van der Waals surface area (Å²) in [7, 11) is 3.84. The van der Waals surface area contributed by atoms with Crippen molar-refractivity contribution in [3.63, 3.8) is 0 Å². The summed E-state index contributed by atoms with van der Waals surface area (Å²) < 4.78 is 0. The molecule has 1 aromatic heterocycles. The van der Waals surface area contributed by atoms with Gasteiger partial charge in [0, 0.05) is 31.2 Å². The van der Waals surface area contributed by atoms with Gasteiger partial charge in [0.25, 0.3) is 5.69 Å². The van der Waals surface area contributed by atoms with E-state index in [1.54, 1.807) is 6.07 Å². The Bertz CT molecular complexity index is 705. The molecule has 0 amide bonds. The molecule has 1 heterocycles. The summed E-state index contributed by atoms with van der Waals surface area (Å²) in [5.74, 6) is 0. The number of nitrogens with one attached hydrogen (secondary N) is 1. The normalized spacial score (nSPS) is 9.95. The molecule has 2 aromatic rings. The molecule has 0 atom stereocenters. The monoisotopic (exact) mass is 303 g/mol. The van der Waals surface area contributed by atoms with Crippen LogP contribution in [0.15, 0.2) is 23.6 Å². The highest BCUT2D eigenvalue weighted by molar-refractivity contribution is 7.13. The Morgan fingerprint density at radius 2 is 2.29 bits per heavy atom. The number of nitriles is 1. The standard InChI is InChI=1S/C13H13N5O2S/c1-17(2)13-16-11(8-21-13)7-15-10-3-4-12(18(19)20)9(5-10)6-14/h3-5,8,15H,7H2,1-2H3. The van der Waals surface area contributed by atoms with Crippen molar-refractivity contribution < 1.29 is 4.92 Å². The Morgan fingerprint density at radius 3 is 2.86 bits per heavy atom. The summed E-state index contributed by atoms with van der Waals surface area (Å²) in [6.45, 7) is 0.493. The van der Waals surface area contributed by atoms with Crippen molar-refractivity contribution >= 4 is 27.8 Å². The van der Waals surface area contributed by atoms with Crippen LogP contribution in [-0.4, -0.2) is 24.0 Å². The van der Waals surface area contributed by atoms with Crippen LogP contribution in [0.4, 0.5) is 16.5 Å². The van der Waals surface area contributed by atoms with Crippen molar-refractivity contribution in [3.05, 3.63) is 45.0 Å². The molecule has 8 heteroatoms. The first-order valence-electron chi connectivity index (χ1n) is 6.05. The third-order valence-corrected chi connectivity index (χ3v) is 3.77. The van der Waals surface area contributed by atoms with Gasteiger partial charge in [-0.25, -0.2) is 4.98 Å². The smallest absolute Gasteiger partial charge is 0.287 e. The SMILES string of the molecule is CN(C)c1nc(CNc2ccc([N+](=O)[O-])c(C#N)c2)cs1. The lowest BCUT2D eigenvalue weighted by Gasteiger charge is -2.07. The quantitative estimate of drug-likeness (QED) is 0.674. The highest BCUT2D eigenvalue weighted by Gasteiger charge is 2.13. The van der Waals surface area contributed by atoms with Crippen molar-refractivity contribution in [2.24, 2.45) is 0 Å². The van der Waals surface area contributed by atoms with Crippen molar-refractivity contribution in [1.82, 2.24) is 4.98 Å². The lowest BCUT2D eigenvalue weighted by molar-refractivity contribution is -0.385. The maximum Gasteiger partial charge on any atom is 0.287 e. The molecule has 0 unspecified atom stereocenters. The van der Waals surface area contributed by atoms with E-state index in [4.69, 9.17) is 5.26 Å². The molecule has 7 nitrogen and oxygen atoms in total. The number of hydrogen-bond donors (Lipinski definition) is 1. The largest absolute Gasteiger partial charge is 0.379 e. The zero-order valence-corrected chi connectivity index (χ0v) is 12.3. The van der Waals surface area contributed by atoms with E-state index in [0.717, 1.165) is 10.8 Å². The number of anilines is 2. The van der Waals surface area contributed by atoms with Gasteiger partial charge in [-0.15, -0.1) is 11.3 Å². The minimum atomic E-state index is -0.563. The van der Waals surface area contributed by atoms with Gasteiger partial charge in [0.05, 0.1) is 17.2 Å². The van der Waals surface area contributed by atoms with Crippen LogP contribution in [0, 0.1) is 21.4 Å². The van der Waals surface area contributed by atoms with Crippen LogP contribution in [0.5, 0.6) is 0 Å². The van der Waals surface area contributed by atoms with Gasteiger partial charge in [0.1, 0.15) is 11.6 Å². The van der Waals surface area contributed by atoms with Gasteiger partial charge in [0.2, 0.25) is 0 Å². The molecule has 2 rings (SSSR count). The Labute approximate surface area is 125 Å². The summed E-state index contributed by atoms with van der Waals surface area (Å²) in [6, 6.07) is 6.21. The van der Waals surface area contributed by atoms with Crippen molar-refractivity contribution in [2.75, 3.05) is 24.3 Å². The first kappa shape index (κ1) is 14.7. The Morgan fingerprint density at radius 1 is 1.52 bits per heavy atom. The number of hydrogen-bond acceptors (Lipinski definition) is 7. The van der Waals surface area contributed by atoms with Gasteiger partial charge in [-0.3, -0.25) is 10.1 Å². The van der Waals surface area contributed by atoms with E-state index in [0.29, 0.717) is 12.2 Å². The summed E-state index contributed by atoms with van der Waals surface area (Å²) >= 11 is 1.54. The Kier molecular flexibility index (Phi) is 4.35. The van der Waals surface area contributed by atoms with Crippen LogP contribution < -0.4 is 10.2 Å². The highest BCUT2D eigenvalue weighted by Crippen LogP contribution is 2.23. The van der Waals surface area contributed by atoms with Gasteiger partial charge in [-0.1, -0.05) is 0 Å². The van der Waals surface area contributed by atoms with E-state index in [2.05, 4.69) is 10.3 Å². The molecule has 0 aliphatic heterocycles. The van der Waals surface area contributed by atoms with Crippen LogP contribution in [0.1, 0.15) is 11.3 Å².